The fourth-order valence-electron chi connectivity index (χ4n) is 3.48. The van der Waals surface area contributed by atoms with E-state index in [4.69, 9.17) is 5.73 Å². The van der Waals surface area contributed by atoms with Crippen LogP contribution in [0.5, 0.6) is 0 Å². The van der Waals surface area contributed by atoms with Crippen molar-refractivity contribution in [2.75, 3.05) is 0 Å². The number of rotatable bonds is 0. The SMILES string of the molecule is NC1=NC2C[C@@H]3CC1C[C@H](C2)C3. The van der Waals surface area contributed by atoms with Gasteiger partial charge in [-0.25, -0.2) is 0 Å². The number of hydrogen-bond donors (Lipinski definition) is 1. The molecule has 2 heterocycles. The normalized spacial score (nSPS) is 50.5. The van der Waals surface area contributed by atoms with Gasteiger partial charge in [0.15, 0.2) is 0 Å². The van der Waals surface area contributed by atoms with E-state index in [1.165, 1.54) is 32.1 Å². The molecule has 66 valence electrons. The Kier molecular flexibility index (Phi) is 1.29. The lowest BCUT2D eigenvalue weighted by Crippen LogP contribution is -2.32. The van der Waals surface area contributed by atoms with Crippen LogP contribution in [-0.2, 0) is 0 Å². The van der Waals surface area contributed by atoms with Crippen LogP contribution < -0.4 is 5.73 Å². The molecule has 2 N–H and O–H groups in total. The average Bonchev–Trinajstić information content (AvgIpc) is 2.16. The zero-order valence-corrected chi connectivity index (χ0v) is 7.37. The molecule has 0 aromatic carbocycles. The third-order valence-electron chi connectivity index (χ3n) is 3.86. The van der Waals surface area contributed by atoms with Gasteiger partial charge in [0.25, 0.3) is 0 Å². The highest BCUT2D eigenvalue weighted by atomic mass is 14.9. The summed E-state index contributed by atoms with van der Waals surface area (Å²) in [4.78, 5) is 4.61. The molecule has 0 spiro atoms. The first-order valence-corrected chi connectivity index (χ1v) is 5.14. The molecule has 4 rings (SSSR count). The molecule has 0 aromatic heterocycles. The molecular formula is C10H16N2. The van der Waals surface area contributed by atoms with Gasteiger partial charge in [0.2, 0.25) is 0 Å². The Balaban J connectivity index is 1.98. The van der Waals surface area contributed by atoms with Gasteiger partial charge in [0.05, 0.1) is 11.9 Å². The van der Waals surface area contributed by atoms with Crippen molar-refractivity contribution in [3.8, 4) is 0 Å². The molecular weight excluding hydrogens is 148 g/mol. The minimum atomic E-state index is 0.598. The highest BCUT2D eigenvalue weighted by Crippen LogP contribution is 2.45. The Morgan fingerprint density at radius 1 is 1.00 bits per heavy atom. The molecule has 2 aliphatic heterocycles. The van der Waals surface area contributed by atoms with Crippen molar-refractivity contribution in [2.45, 2.75) is 38.1 Å². The summed E-state index contributed by atoms with van der Waals surface area (Å²) < 4.78 is 0. The van der Waals surface area contributed by atoms with E-state index in [0.717, 1.165) is 17.7 Å². The van der Waals surface area contributed by atoms with Crippen LogP contribution in [0, 0.1) is 17.8 Å². The van der Waals surface area contributed by atoms with Crippen LogP contribution in [0.15, 0.2) is 4.99 Å². The minimum Gasteiger partial charge on any atom is -0.387 e. The van der Waals surface area contributed by atoms with E-state index in [1.54, 1.807) is 0 Å². The fraction of sp³-hybridized carbons (Fsp3) is 0.900. The predicted octanol–water partition coefficient (Wildman–Crippen LogP) is 1.55. The van der Waals surface area contributed by atoms with Gasteiger partial charge < -0.3 is 5.73 Å². The summed E-state index contributed by atoms with van der Waals surface area (Å²) in [6.07, 6.45) is 6.79. The molecule has 2 unspecified atom stereocenters. The number of hydrogen-bond acceptors (Lipinski definition) is 2. The molecule has 2 aliphatic carbocycles. The summed E-state index contributed by atoms with van der Waals surface area (Å²) in [5.74, 6) is 3.54. The van der Waals surface area contributed by atoms with E-state index in [2.05, 4.69) is 4.99 Å². The molecule has 4 bridgehead atoms. The van der Waals surface area contributed by atoms with E-state index >= 15 is 0 Å². The molecule has 4 atom stereocenters. The lowest BCUT2D eigenvalue weighted by Gasteiger charge is -2.37. The quantitative estimate of drug-likeness (QED) is 0.579. The zero-order chi connectivity index (χ0) is 8.13. The molecule has 12 heavy (non-hydrogen) atoms. The Labute approximate surface area is 73.2 Å². The molecule has 0 radical (unpaired) electrons. The first-order chi connectivity index (χ1) is 5.81. The Morgan fingerprint density at radius 3 is 2.33 bits per heavy atom. The second-order valence-corrected chi connectivity index (χ2v) is 4.82. The van der Waals surface area contributed by atoms with Crippen LogP contribution in [0.3, 0.4) is 0 Å². The molecule has 0 aromatic rings. The second-order valence-electron chi connectivity index (χ2n) is 4.82. The lowest BCUT2D eigenvalue weighted by molar-refractivity contribution is 0.162. The predicted molar refractivity (Wildman–Crippen MR) is 49.0 cm³/mol. The summed E-state index contributed by atoms with van der Waals surface area (Å²) in [5, 5.41) is 0. The summed E-state index contributed by atoms with van der Waals surface area (Å²) in [6, 6.07) is 0.598. The topological polar surface area (TPSA) is 38.4 Å². The third-order valence-corrected chi connectivity index (χ3v) is 3.86. The smallest absolute Gasteiger partial charge is 0.0972 e. The summed E-state index contributed by atoms with van der Waals surface area (Å²) in [5.41, 5.74) is 5.95. The van der Waals surface area contributed by atoms with Gasteiger partial charge in [0.1, 0.15) is 0 Å². The first-order valence-electron chi connectivity index (χ1n) is 5.14. The molecule has 2 saturated carbocycles. The van der Waals surface area contributed by atoms with Crippen LogP contribution in [0.4, 0.5) is 0 Å². The lowest BCUT2D eigenvalue weighted by atomic mass is 9.68. The van der Waals surface area contributed by atoms with Gasteiger partial charge in [-0.05, 0) is 43.9 Å². The van der Waals surface area contributed by atoms with E-state index in [1.807, 2.05) is 0 Å². The van der Waals surface area contributed by atoms with Crippen LogP contribution in [0.2, 0.25) is 0 Å². The maximum Gasteiger partial charge on any atom is 0.0972 e. The maximum absolute atomic E-state index is 5.95. The van der Waals surface area contributed by atoms with Gasteiger partial charge in [-0.2, -0.15) is 0 Å². The van der Waals surface area contributed by atoms with Crippen molar-refractivity contribution in [1.29, 1.82) is 0 Å². The fourth-order valence-corrected chi connectivity index (χ4v) is 3.48. The monoisotopic (exact) mass is 164 g/mol. The van der Waals surface area contributed by atoms with Crippen molar-refractivity contribution in [3.05, 3.63) is 0 Å². The largest absolute Gasteiger partial charge is 0.387 e. The summed E-state index contributed by atoms with van der Waals surface area (Å²) in [6.45, 7) is 0. The van der Waals surface area contributed by atoms with Crippen LogP contribution in [0.25, 0.3) is 0 Å². The van der Waals surface area contributed by atoms with Crippen LogP contribution in [-0.4, -0.2) is 11.9 Å². The zero-order valence-electron chi connectivity index (χ0n) is 7.37. The van der Waals surface area contributed by atoms with Crippen molar-refractivity contribution < 1.29 is 0 Å². The highest BCUT2D eigenvalue weighted by molar-refractivity contribution is 5.83. The second kappa shape index (κ2) is 2.24. The molecule has 4 aliphatic rings. The van der Waals surface area contributed by atoms with Crippen LogP contribution >= 0.6 is 0 Å². The van der Waals surface area contributed by atoms with E-state index < -0.39 is 0 Å². The minimum absolute atomic E-state index is 0.598. The average molecular weight is 164 g/mol. The Bertz CT molecular complexity index is 220. The van der Waals surface area contributed by atoms with Crippen molar-refractivity contribution in [1.82, 2.24) is 0 Å². The Hall–Kier alpha value is -0.530. The summed E-state index contributed by atoms with van der Waals surface area (Å²) >= 11 is 0. The molecule has 0 saturated heterocycles. The van der Waals surface area contributed by atoms with Crippen molar-refractivity contribution in [2.24, 2.45) is 28.5 Å². The highest BCUT2D eigenvalue weighted by Gasteiger charge is 2.40. The standard InChI is InChI=1S/C10H16N2/c11-10-8-2-6-1-7(3-8)5-9(4-6)12-10/h6-9H,1-5H2,(H2,11,12)/t6-,7+,8?,9?. The molecule has 2 heteroatoms. The van der Waals surface area contributed by atoms with Gasteiger partial charge in [-0.1, -0.05) is 0 Å². The van der Waals surface area contributed by atoms with Gasteiger partial charge in [-0.15, -0.1) is 0 Å². The first kappa shape index (κ1) is 6.93. The van der Waals surface area contributed by atoms with Gasteiger partial charge in [-0.3, -0.25) is 4.99 Å². The van der Waals surface area contributed by atoms with E-state index in [-0.39, 0.29) is 0 Å². The van der Waals surface area contributed by atoms with Crippen LogP contribution in [0.1, 0.15) is 32.1 Å². The number of nitrogens with zero attached hydrogens (tertiary/aromatic N) is 1. The summed E-state index contributed by atoms with van der Waals surface area (Å²) in [7, 11) is 0. The van der Waals surface area contributed by atoms with Crippen molar-refractivity contribution in [3.63, 3.8) is 0 Å². The van der Waals surface area contributed by atoms with Gasteiger partial charge >= 0.3 is 0 Å². The van der Waals surface area contributed by atoms with Gasteiger partial charge in [0, 0.05) is 5.92 Å². The number of amidine groups is 1. The third kappa shape index (κ3) is 0.900. The Morgan fingerprint density at radius 2 is 1.67 bits per heavy atom. The van der Waals surface area contributed by atoms with E-state index in [0.29, 0.717) is 12.0 Å². The maximum atomic E-state index is 5.95. The molecule has 2 fully saturated rings. The number of aliphatic imine (C=N–C) groups is 1. The number of nitrogens with two attached hydrogens (primary N) is 1. The van der Waals surface area contributed by atoms with Crippen molar-refractivity contribution >= 4 is 5.84 Å². The molecule has 0 amide bonds. The van der Waals surface area contributed by atoms with E-state index in [9.17, 15) is 0 Å². The molecule has 2 nitrogen and oxygen atoms in total.